The van der Waals surface area contributed by atoms with E-state index in [4.69, 9.17) is 0 Å². The number of anilines is 1. The molecule has 0 amide bonds. The minimum Gasteiger partial charge on any atom is -0.390 e. The summed E-state index contributed by atoms with van der Waals surface area (Å²) in [5.41, 5.74) is -0.191. The zero-order valence-corrected chi connectivity index (χ0v) is 12.1. The van der Waals surface area contributed by atoms with Crippen LogP contribution in [0.4, 0.5) is 14.5 Å². The molecule has 1 aromatic carbocycles. The van der Waals surface area contributed by atoms with Crippen LogP contribution in [0, 0.1) is 11.6 Å². The molecule has 1 fully saturated rings. The zero-order chi connectivity index (χ0) is 13.8. The SMILES string of the molecule is OC(CNc1c(F)cc(Br)cc1F)CN1CCCC1. The standard InChI is InChI=1S/C13H17BrF2N2O/c14-9-5-11(15)13(12(16)6-9)17-7-10(19)8-18-3-1-2-4-18/h5-6,10,17,19H,1-4,7-8H2. The molecule has 0 saturated carbocycles. The van der Waals surface area contributed by atoms with Crippen LogP contribution in [0.1, 0.15) is 12.8 Å². The molecule has 19 heavy (non-hydrogen) atoms. The molecule has 1 unspecified atom stereocenters. The van der Waals surface area contributed by atoms with Gasteiger partial charge in [0.2, 0.25) is 0 Å². The summed E-state index contributed by atoms with van der Waals surface area (Å²) in [6.07, 6.45) is 1.66. The number of likely N-dealkylation sites (tertiary alicyclic amines) is 1. The second-order valence-electron chi connectivity index (χ2n) is 4.79. The van der Waals surface area contributed by atoms with Gasteiger partial charge in [0.1, 0.15) is 17.3 Å². The lowest BCUT2D eigenvalue weighted by Crippen LogP contribution is -2.34. The zero-order valence-electron chi connectivity index (χ0n) is 10.5. The van der Waals surface area contributed by atoms with E-state index in [2.05, 4.69) is 26.1 Å². The van der Waals surface area contributed by atoms with Gasteiger partial charge in [-0.1, -0.05) is 15.9 Å². The highest BCUT2D eigenvalue weighted by molar-refractivity contribution is 9.10. The first-order valence-corrected chi connectivity index (χ1v) is 7.14. The summed E-state index contributed by atoms with van der Waals surface area (Å²) in [6, 6.07) is 2.39. The molecule has 0 aromatic heterocycles. The Morgan fingerprint density at radius 3 is 2.42 bits per heavy atom. The average molecular weight is 335 g/mol. The van der Waals surface area contributed by atoms with E-state index in [1.54, 1.807) is 0 Å². The summed E-state index contributed by atoms with van der Waals surface area (Å²) in [5, 5.41) is 12.5. The van der Waals surface area contributed by atoms with Gasteiger partial charge in [0.15, 0.2) is 0 Å². The molecular formula is C13H17BrF2N2O. The molecule has 0 bridgehead atoms. The molecule has 0 aliphatic carbocycles. The van der Waals surface area contributed by atoms with Gasteiger partial charge in [-0.05, 0) is 38.1 Å². The lowest BCUT2D eigenvalue weighted by atomic mass is 10.2. The predicted molar refractivity (Wildman–Crippen MR) is 74.2 cm³/mol. The minimum atomic E-state index is -0.666. The number of nitrogens with zero attached hydrogens (tertiary/aromatic N) is 1. The summed E-state index contributed by atoms with van der Waals surface area (Å²) in [7, 11) is 0. The largest absolute Gasteiger partial charge is 0.390 e. The number of aliphatic hydroxyl groups excluding tert-OH is 1. The van der Waals surface area contributed by atoms with Crippen LogP contribution in [0.5, 0.6) is 0 Å². The van der Waals surface area contributed by atoms with E-state index in [0.29, 0.717) is 11.0 Å². The second kappa shape index (κ2) is 6.63. The summed E-state index contributed by atoms with van der Waals surface area (Å²) in [4.78, 5) is 2.15. The van der Waals surface area contributed by atoms with Crippen molar-refractivity contribution in [2.75, 3.05) is 31.5 Å². The van der Waals surface area contributed by atoms with Crippen LogP contribution in [0.15, 0.2) is 16.6 Å². The highest BCUT2D eigenvalue weighted by atomic mass is 79.9. The van der Waals surface area contributed by atoms with Gasteiger partial charge in [-0.25, -0.2) is 8.78 Å². The van der Waals surface area contributed by atoms with Crippen molar-refractivity contribution in [3.63, 3.8) is 0 Å². The smallest absolute Gasteiger partial charge is 0.150 e. The van der Waals surface area contributed by atoms with Crippen molar-refractivity contribution in [1.82, 2.24) is 4.90 Å². The lowest BCUT2D eigenvalue weighted by molar-refractivity contribution is 0.135. The number of β-amino-alcohol motifs (C(OH)–C–C–N with tert-alkyl or cyclic N) is 1. The molecule has 1 atom stereocenters. The van der Waals surface area contributed by atoms with Gasteiger partial charge in [-0.3, -0.25) is 0 Å². The normalized spacial score (nSPS) is 17.7. The van der Waals surface area contributed by atoms with Crippen LogP contribution in [0.25, 0.3) is 0 Å². The van der Waals surface area contributed by atoms with Gasteiger partial charge in [-0.2, -0.15) is 0 Å². The first-order chi connectivity index (χ1) is 9.06. The number of aliphatic hydroxyl groups is 1. The maximum absolute atomic E-state index is 13.5. The van der Waals surface area contributed by atoms with Crippen LogP contribution in [0.3, 0.4) is 0 Å². The molecular weight excluding hydrogens is 318 g/mol. The molecule has 106 valence electrons. The molecule has 3 nitrogen and oxygen atoms in total. The highest BCUT2D eigenvalue weighted by Crippen LogP contribution is 2.23. The van der Waals surface area contributed by atoms with Crippen molar-refractivity contribution < 1.29 is 13.9 Å². The molecule has 6 heteroatoms. The Hall–Kier alpha value is -0.720. The number of hydrogen-bond acceptors (Lipinski definition) is 3. The van der Waals surface area contributed by atoms with E-state index in [0.717, 1.165) is 25.9 Å². The van der Waals surface area contributed by atoms with E-state index in [1.165, 1.54) is 12.1 Å². The quantitative estimate of drug-likeness (QED) is 0.868. The first-order valence-electron chi connectivity index (χ1n) is 6.35. The van der Waals surface area contributed by atoms with Gasteiger partial charge in [0.05, 0.1) is 6.10 Å². The summed E-state index contributed by atoms with van der Waals surface area (Å²) >= 11 is 3.02. The Bertz CT molecular complexity index is 416. The van der Waals surface area contributed by atoms with E-state index in [1.807, 2.05) is 0 Å². The van der Waals surface area contributed by atoms with Crippen LogP contribution in [-0.4, -0.2) is 42.3 Å². The minimum absolute atomic E-state index is 0.131. The third-order valence-corrected chi connectivity index (χ3v) is 3.65. The molecule has 1 aromatic rings. The van der Waals surface area contributed by atoms with Crippen LogP contribution in [-0.2, 0) is 0 Å². The van der Waals surface area contributed by atoms with E-state index < -0.39 is 17.7 Å². The molecule has 0 spiro atoms. The van der Waals surface area contributed by atoms with Gasteiger partial charge in [0, 0.05) is 17.6 Å². The van der Waals surface area contributed by atoms with Gasteiger partial charge >= 0.3 is 0 Å². The number of benzene rings is 1. The maximum Gasteiger partial charge on any atom is 0.150 e. The summed E-state index contributed by atoms with van der Waals surface area (Å²) in [6.45, 7) is 2.63. The number of hydrogen-bond donors (Lipinski definition) is 2. The van der Waals surface area contributed by atoms with Crippen LogP contribution < -0.4 is 5.32 Å². The topological polar surface area (TPSA) is 35.5 Å². The second-order valence-corrected chi connectivity index (χ2v) is 5.70. The number of nitrogens with one attached hydrogen (secondary N) is 1. The Morgan fingerprint density at radius 2 is 1.84 bits per heavy atom. The Kier molecular flexibility index (Phi) is 5.13. The summed E-state index contributed by atoms with van der Waals surface area (Å²) < 4.78 is 27.4. The summed E-state index contributed by atoms with van der Waals surface area (Å²) in [5.74, 6) is -1.33. The van der Waals surface area contributed by atoms with Gasteiger partial charge in [0.25, 0.3) is 0 Å². The third kappa shape index (κ3) is 4.12. The van der Waals surface area contributed by atoms with Crippen molar-refractivity contribution in [1.29, 1.82) is 0 Å². The molecule has 2 N–H and O–H groups in total. The number of rotatable bonds is 5. The molecule has 1 aliphatic rings. The first kappa shape index (κ1) is 14.7. The van der Waals surface area contributed by atoms with Crippen LogP contribution >= 0.6 is 15.9 Å². The molecule has 1 heterocycles. The van der Waals surface area contributed by atoms with Crippen LogP contribution in [0.2, 0.25) is 0 Å². The van der Waals surface area contributed by atoms with Crippen molar-refractivity contribution >= 4 is 21.6 Å². The fourth-order valence-corrected chi connectivity index (χ4v) is 2.66. The van der Waals surface area contributed by atoms with Crippen molar-refractivity contribution in [3.8, 4) is 0 Å². The maximum atomic E-state index is 13.5. The molecule has 0 radical (unpaired) electrons. The number of halogens is 3. The Morgan fingerprint density at radius 1 is 1.26 bits per heavy atom. The molecule has 1 aliphatic heterocycles. The van der Waals surface area contributed by atoms with Crippen molar-refractivity contribution in [2.45, 2.75) is 18.9 Å². The monoisotopic (exact) mass is 334 g/mol. The lowest BCUT2D eigenvalue weighted by Gasteiger charge is -2.20. The predicted octanol–water partition coefficient (Wildman–Crippen LogP) is 2.60. The third-order valence-electron chi connectivity index (χ3n) is 3.19. The van der Waals surface area contributed by atoms with E-state index in [9.17, 15) is 13.9 Å². The molecule has 2 rings (SSSR count). The van der Waals surface area contributed by atoms with Crippen molar-refractivity contribution in [2.24, 2.45) is 0 Å². The Labute approximate surface area is 119 Å². The Balaban J connectivity index is 1.87. The van der Waals surface area contributed by atoms with Crippen molar-refractivity contribution in [3.05, 3.63) is 28.2 Å². The fourth-order valence-electron chi connectivity index (χ4n) is 2.26. The van der Waals surface area contributed by atoms with E-state index >= 15 is 0 Å². The van der Waals surface area contributed by atoms with Gasteiger partial charge in [-0.15, -0.1) is 0 Å². The average Bonchev–Trinajstić information content (AvgIpc) is 2.80. The highest BCUT2D eigenvalue weighted by Gasteiger charge is 2.17. The fraction of sp³-hybridized carbons (Fsp3) is 0.538. The van der Waals surface area contributed by atoms with E-state index in [-0.39, 0.29) is 12.2 Å². The van der Waals surface area contributed by atoms with Gasteiger partial charge < -0.3 is 15.3 Å². The molecule has 1 saturated heterocycles.